The average molecular weight is 385 g/mol. The first-order valence-corrected chi connectivity index (χ1v) is 8.31. The van der Waals surface area contributed by atoms with E-state index >= 15 is 0 Å². The Labute approximate surface area is 158 Å². The van der Waals surface area contributed by atoms with Gasteiger partial charge in [0.2, 0.25) is 6.79 Å². The molecule has 1 N–H and O–H groups in total. The lowest BCUT2D eigenvalue weighted by Crippen LogP contribution is -2.24. The molecule has 0 radical (unpaired) electrons. The Balaban J connectivity index is 1.44. The Morgan fingerprint density at radius 2 is 2.11 bits per heavy atom. The molecule has 10 heteroatoms. The number of amides is 1. The van der Waals surface area contributed by atoms with Crippen molar-refractivity contribution in [3.63, 3.8) is 0 Å². The lowest BCUT2D eigenvalue weighted by atomic mass is 10.2. The first kappa shape index (κ1) is 17.0. The number of halogens is 1. The normalized spacial score (nSPS) is 12.5. The number of hydrogen-bond donors (Lipinski definition) is 1. The van der Waals surface area contributed by atoms with Crippen molar-refractivity contribution in [2.75, 3.05) is 6.79 Å². The van der Waals surface area contributed by atoms with Gasteiger partial charge < -0.3 is 9.47 Å². The smallest absolute Gasteiger partial charge is 0.261 e. The van der Waals surface area contributed by atoms with E-state index in [4.69, 9.17) is 21.1 Å². The number of rotatable bonds is 5. The molecule has 2 aromatic carbocycles. The van der Waals surface area contributed by atoms with E-state index in [1.165, 1.54) is 10.9 Å². The monoisotopic (exact) mass is 384 g/mol. The third-order valence-corrected chi connectivity index (χ3v) is 4.10. The molecule has 0 fully saturated rings. The number of tetrazole rings is 1. The maximum Gasteiger partial charge on any atom is 0.261 e. The van der Waals surface area contributed by atoms with Gasteiger partial charge in [-0.3, -0.25) is 4.79 Å². The van der Waals surface area contributed by atoms with Crippen LogP contribution in [0.5, 0.6) is 11.5 Å². The zero-order valence-corrected chi connectivity index (χ0v) is 14.6. The minimum atomic E-state index is -0.382. The highest BCUT2D eigenvalue weighted by Crippen LogP contribution is 2.35. The lowest BCUT2D eigenvalue weighted by Gasteiger charge is -2.05. The fourth-order valence-electron chi connectivity index (χ4n) is 2.48. The van der Waals surface area contributed by atoms with E-state index in [0.717, 1.165) is 0 Å². The summed E-state index contributed by atoms with van der Waals surface area (Å²) in [5.74, 6) is 1.31. The number of carbonyl (C=O) groups is 1. The summed E-state index contributed by atoms with van der Waals surface area (Å²) in [7, 11) is 0. The predicted octanol–water partition coefficient (Wildman–Crippen LogP) is 1.87. The molecule has 3 aromatic rings. The van der Waals surface area contributed by atoms with Crippen LogP contribution < -0.4 is 14.9 Å². The number of nitrogens with one attached hydrogen (secondary N) is 1. The molecule has 1 amide bonds. The average Bonchev–Trinajstić information content (AvgIpc) is 3.31. The van der Waals surface area contributed by atoms with Gasteiger partial charge in [-0.25, -0.2) is 10.1 Å². The number of nitrogens with zero attached hydrogens (tertiary/aromatic N) is 5. The largest absolute Gasteiger partial charge is 0.454 e. The molecule has 0 bridgehead atoms. The molecule has 0 spiro atoms. The summed E-state index contributed by atoms with van der Waals surface area (Å²) < 4.78 is 12.0. The van der Waals surface area contributed by atoms with Crippen LogP contribution in [0.25, 0.3) is 11.4 Å². The SMILES string of the molecule is O=C(Cn1nnnc1-c1ccc2c(c1)OCO2)N/N=C/c1ccccc1Cl. The van der Waals surface area contributed by atoms with E-state index in [1.807, 2.05) is 12.1 Å². The molecule has 1 aromatic heterocycles. The standard InChI is InChI=1S/C17H13ClN6O3/c18-13-4-2-1-3-12(13)8-19-20-16(25)9-24-17(21-22-23-24)11-5-6-14-15(7-11)27-10-26-14/h1-8H,9-10H2,(H,20,25)/b19-8+. The van der Waals surface area contributed by atoms with E-state index in [0.29, 0.717) is 33.5 Å². The van der Waals surface area contributed by atoms with Crippen LogP contribution in [0, 0.1) is 0 Å². The van der Waals surface area contributed by atoms with Gasteiger partial charge in [0.05, 0.1) is 6.21 Å². The second-order valence-corrected chi connectivity index (χ2v) is 5.95. The van der Waals surface area contributed by atoms with Gasteiger partial charge in [-0.1, -0.05) is 29.8 Å². The van der Waals surface area contributed by atoms with Crippen molar-refractivity contribution in [3.05, 3.63) is 53.1 Å². The van der Waals surface area contributed by atoms with Gasteiger partial charge >= 0.3 is 0 Å². The quantitative estimate of drug-likeness (QED) is 0.532. The van der Waals surface area contributed by atoms with Crippen LogP contribution in [0.2, 0.25) is 5.02 Å². The van der Waals surface area contributed by atoms with Gasteiger partial charge in [-0.05, 0) is 34.7 Å². The van der Waals surface area contributed by atoms with Gasteiger partial charge in [0.25, 0.3) is 5.91 Å². The van der Waals surface area contributed by atoms with Crippen molar-refractivity contribution in [1.29, 1.82) is 0 Å². The molecule has 0 unspecified atom stereocenters. The maximum atomic E-state index is 12.1. The first-order valence-electron chi connectivity index (χ1n) is 7.93. The summed E-state index contributed by atoms with van der Waals surface area (Å²) in [5.41, 5.74) is 3.83. The van der Waals surface area contributed by atoms with Gasteiger partial charge in [-0.2, -0.15) is 5.10 Å². The van der Waals surface area contributed by atoms with Crippen molar-refractivity contribution in [2.45, 2.75) is 6.54 Å². The van der Waals surface area contributed by atoms with E-state index < -0.39 is 0 Å². The number of hydrazone groups is 1. The summed E-state index contributed by atoms with van der Waals surface area (Å²) in [6, 6.07) is 12.5. The highest BCUT2D eigenvalue weighted by molar-refractivity contribution is 6.33. The van der Waals surface area contributed by atoms with Crippen LogP contribution in [-0.2, 0) is 11.3 Å². The van der Waals surface area contributed by atoms with Crippen molar-refractivity contribution in [3.8, 4) is 22.9 Å². The molecule has 1 aliphatic heterocycles. The minimum Gasteiger partial charge on any atom is -0.454 e. The summed E-state index contributed by atoms with van der Waals surface area (Å²) in [5, 5.41) is 15.9. The zero-order chi connectivity index (χ0) is 18.6. The highest BCUT2D eigenvalue weighted by atomic mass is 35.5. The highest BCUT2D eigenvalue weighted by Gasteiger charge is 2.17. The zero-order valence-electron chi connectivity index (χ0n) is 13.9. The van der Waals surface area contributed by atoms with E-state index in [1.54, 1.807) is 30.3 Å². The van der Waals surface area contributed by atoms with E-state index in [-0.39, 0.29) is 19.2 Å². The van der Waals surface area contributed by atoms with Crippen LogP contribution in [0.3, 0.4) is 0 Å². The second kappa shape index (κ2) is 7.42. The summed E-state index contributed by atoms with van der Waals surface area (Å²) >= 11 is 6.03. The molecule has 9 nitrogen and oxygen atoms in total. The Kier molecular flexibility index (Phi) is 4.67. The van der Waals surface area contributed by atoms with Crippen molar-refractivity contribution in [1.82, 2.24) is 25.6 Å². The fourth-order valence-corrected chi connectivity index (χ4v) is 2.66. The first-order chi connectivity index (χ1) is 13.2. The number of ether oxygens (including phenoxy) is 2. The van der Waals surface area contributed by atoms with Crippen LogP contribution >= 0.6 is 11.6 Å². The van der Waals surface area contributed by atoms with E-state index in [9.17, 15) is 4.79 Å². The molecule has 0 atom stereocenters. The Morgan fingerprint density at radius 3 is 3.00 bits per heavy atom. The van der Waals surface area contributed by atoms with Crippen molar-refractivity contribution < 1.29 is 14.3 Å². The molecular formula is C17H13ClN6O3. The van der Waals surface area contributed by atoms with Crippen LogP contribution in [0.15, 0.2) is 47.6 Å². The van der Waals surface area contributed by atoms with Gasteiger partial charge in [0.1, 0.15) is 6.54 Å². The molecule has 0 saturated carbocycles. The number of fused-ring (bicyclic) bond motifs is 1. The molecule has 1 aliphatic rings. The van der Waals surface area contributed by atoms with Gasteiger partial charge in [0, 0.05) is 16.1 Å². The molecule has 0 saturated heterocycles. The third-order valence-electron chi connectivity index (χ3n) is 3.75. The summed E-state index contributed by atoms with van der Waals surface area (Å²) in [4.78, 5) is 12.1. The van der Waals surface area contributed by atoms with Crippen LogP contribution in [0.1, 0.15) is 5.56 Å². The Morgan fingerprint density at radius 1 is 1.26 bits per heavy atom. The number of carbonyl (C=O) groups excluding carboxylic acids is 1. The Bertz CT molecular complexity index is 1020. The van der Waals surface area contributed by atoms with Crippen LogP contribution in [0.4, 0.5) is 0 Å². The molecule has 4 rings (SSSR count). The number of hydrogen-bond acceptors (Lipinski definition) is 7. The third kappa shape index (κ3) is 3.72. The lowest BCUT2D eigenvalue weighted by molar-refractivity contribution is -0.121. The number of benzene rings is 2. The molecule has 2 heterocycles. The van der Waals surface area contributed by atoms with Crippen molar-refractivity contribution in [2.24, 2.45) is 5.10 Å². The van der Waals surface area contributed by atoms with Crippen molar-refractivity contribution >= 4 is 23.7 Å². The van der Waals surface area contributed by atoms with Gasteiger partial charge in [-0.15, -0.1) is 5.10 Å². The number of aromatic nitrogens is 4. The predicted molar refractivity (Wildman–Crippen MR) is 96.6 cm³/mol. The van der Waals surface area contributed by atoms with E-state index in [2.05, 4.69) is 26.1 Å². The topological polar surface area (TPSA) is 104 Å². The van der Waals surface area contributed by atoms with Crippen LogP contribution in [-0.4, -0.2) is 39.1 Å². The second-order valence-electron chi connectivity index (χ2n) is 5.54. The Hall–Kier alpha value is -3.46. The molecule has 136 valence electrons. The van der Waals surface area contributed by atoms with Gasteiger partial charge in [0.15, 0.2) is 17.3 Å². The fraction of sp³-hybridized carbons (Fsp3) is 0.118. The summed E-state index contributed by atoms with van der Waals surface area (Å²) in [6.07, 6.45) is 1.47. The molecular weight excluding hydrogens is 372 g/mol. The summed E-state index contributed by atoms with van der Waals surface area (Å²) in [6.45, 7) is 0.0756. The molecule has 27 heavy (non-hydrogen) atoms. The minimum absolute atomic E-state index is 0.101. The maximum absolute atomic E-state index is 12.1. The molecule has 0 aliphatic carbocycles.